The Hall–Kier alpha value is -3.72. The maximum atomic E-state index is 13.0. The van der Waals surface area contributed by atoms with Gasteiger partial charge >= 0.3 is 0 Å². The molecule has 0 unspecified atom stereocenters. The third-order valence-corrected chi connectivity index (χ3v) is 6.59. The van der Waals surface area contributed by atoms with Crippen molar-refractivity contribution in [1.82, 2.24) is 14.9 Å². The number of benzene rings is 3. The molecule has 0 aliphatic heterocycles. The first-order valence-corrected chi connectivity index (χ1v) is 11.9. The number of nitrogens with one attached hydrogen (secondary N) is 2. The van der Waals surface area contributed by atoms with Crippen molar-refractivity contribution in [3.8, 4) is 0 Å². The van der Waals surface area contributed by atoms with Gasteiger partial charge in [-0.1, -0.05) is 24.3 Å². The largest absolute Gasteiger partial charge is 0.354 e. The first-order valence-electron chi connectivity index (χ1n) is 10.4. The van der Waals surface area contributed by atoms with Crippen LogP contribution < -0.4 is 10.0 Å². The van der Waals surface area contributed by atoms with E-state index in [4.69, 9.17) is 0 Å². The molecule has 0 aliphatic rings. The number of sulfonamides is 1. The van der Waals surface area contributed by atoms with Crippen molar-refractivity contribution in [2.45, 2.75) is 24.8 Å². The summed E-state index contributed by atoms with van der Waals surface area (Å²) in [6.07, 6.45) is 0.175. The lowest BCUT2D eigenvalue weighted by Crippen LogP contribution is -2.28. The molecule has 0 aliphatic carbocycles. The van der Waals surface area contributed by atoms with Crippen molar-refractivity contribution >= 4 is 32.7 Å². The molecule has 1 amide bonds. The van der Waals surface area contributed by atoms with Gasteiger partial charge in [0.05, 0.1) is 22.3 Å². The summed E-state index contributed by atoms with van der Waals surface area (Å²) in [6, 6.07) is 19.0. The van der Waals surface area contributed by atoms with Crippen LogP contribution in [0.2, 0.25) is 0 Å². The fourth-order valence-electron chi connectivity index (χ4n) is 3.55. The third-order valence-electron chi connectivity index (χ3n) is 5.20. The Bertz CT molecular complexity index is 1380. The Kier molecular flexibility index (Phi) is 6.41. The number of para-hydroxylation sites is 2. The molecule has 0 spiro atoms. The Balaban J connectivity index is 1.31. The SMILES string of the molecule is Cc1nc2ccccc2n1CCNC(=O)Cc1ccc(NS(=O)(=O)c2ccc(F)cc2)cc1. The number of halogens is 1. The van der Waals surface area contributed by atoms with Crippen LogP contribution in [0.1, 0.15) is 11.4 Å². The van der Waals surface area contributed by atoms with E-state index in [9.17, 15) is 17.6 Å². The monoisotopic (exact) mass is 466 g/mol. The van der Waals surface area contributed by atoms with E-state index >= 15 is 0 Å². The molecule has 9 heteroatoms. The van der Waals surface area contributed by atoms with Crippen molar-refractivity contribution in [3.05, 3.63) is 90.0 Å². The van der Waals surface area contributed by atoms with Gasteiger partial charge in [0.25, 0.3) is 10.0 Å². The van der Waals surface area contributed by atoms with Crippen LogP contribution in [0.4, 0.5) is 10.1 Å². The zero-order valence-corrected chi connectivity index (χ0v) is 18.8. The number of nitrogens with zero attached hydrogens (tertiary/aromatic N) is 2. The summed E-state index contributed by atoms with van der Waals surface area (Å²) >= 11 is 0. The van der Waals surface area contributed by atoms with E-state index in [-0.39, 0.29) is 17.2 Å². The van der Waals surface area contributed by atoms with E-state index in [1.807, 2.05) is 31.2 Å². The zero-order chi connectivity index (χ0) is 23.4. The Morgan fingerprint density at radius 1 is 1.00 bits per heavy atom. The third kappa shape index (κ3) is 5.38. The smallest absolute Gasteiger partial charge is 0.261 e. The van der Waals surface area contributed by atoms with Crippen LogP contribution in [-0.2, 0) is 27.8 Å². The van der Waals surface area contributed by atoms with Gasteiger partial charge in [-0.25, -0.2) is 17.8 Å². The molecule has 0 radical (unpaired) electrons. The van der Waals surface area contributed by atoms with Crippen LogP contribution in [0.25, 0.3) is 11.0 Å². The fourth-order valence-corrected chi connectivity index (χ4v) is 4.61. The van der Waals surface area contributed by atoms with E-state index in [1.165, 1.54) is 12.1 Å². The molecule has 0 saturated heterocycles. The molecule has 3 aromatic carbocycles. The van der Waals surface area contributed by atoms with Crippen molar-refractivity contribution < 1.29 is 17.6 Å². The summed E-state index contributed by atoms with van der Waals surface area (Å²) in [4.78, 5) is 16.8. The Morgan fingerprint density at radius 2 is 1.70 bits per heavy atom. The van der Waals surface area contributed by atoms with Gasteiger partial charge < -0.3 is 9.88 Å². The van der Waals surface area contributed by atoms with Crippen molar-refractivity contribution in [1.29, 1.82) is 0 Å². The summed E-state index contributed by atoms with van der Waals surface area (Å²) in [5.41, 5.74) is 3.06. The highest BCUT2D eigenvalue weighted by atomic mass is 32.2. The lowest BCUT2D eigenvalue weighted by molar-refractivity contribution is -0.120. The number of aryl methyl sites for hydroxylation is 1. The quantitative estimate of drug-likeness (QED) is 0.415. The number of hydrogen-bond donors (Lipinski definition) is 2. The lowest BCUT2D eigenvalue weighted by Gasteiger charge is -2.10. The summed E-state index contributed by atoms with van der Waals surface area (Å²) in [5, 5.41) is 2.91. The predicted molar refractivity (Wildman–Crippen MR) is 125 cm³/mol. The van der Waals surface area contributed by atoms with Gasteiger partial charge in [0.15, 0.2) is 0 Å². The number of carbonyl (C=O) groups excluding carboxylic acids is 1. The van der Waals surface area contributed by atoms with E-state index in [2.05, 4.69) is 19.6 Å². The van der Waals surface area contributed by atoms with Gasteiger partial charge in [0, 0.05) is 18.8 Å². The van der Waals surface area contributed by atoms with Crippen molar-refractivity contribution in [2.24, 2.45) is 0 Å². The average molecular weight is 467 g/mol. The number of fused-ring (bicyclic) bond motifs is 1. The van der Waals surface area contributed by atoms with Gasteiger partial charge in [-0.3, -0.25) is 9.52 Å². The highest BCUT2D eigenvalue weighted by Crippen LogP contribution is 2.18. The summed E-state index contributed by atoms with van der Waals surface area (Å²) < 4.78 is 42.3. The number of rotatable bonds is 8. The molecule has 0 saturated carbocycles. The zero-order valence-electron chi connectivity index (χ0n) is 18.0. The summed E-state index contributed by atoms with van der Waals surface area (Å²) in [7, 11) is -3.82. The number of anilines is 1. The highest BCUT2D eigenvalue weighted by molar-refractivity contribution is 7.92. The van der Waals surface area contributed by atoms with E-state index < -0.39 is 15.8 Å². The number of amides is 1. The van der Waals surface area contributed by atoms with Gasteiger partial charge in [-0.15, -0.1) is 0 Å². The van der Waals surface area contributed by atoms with Crippen LogP contribution in [0.5, 0.6) is 0 Å². The molecule has 7 nitrogen and oxygen atoms in total. The molecule has 4 rings (SSSR count). The minimum Gasteiger partial charge on any atom is -0.354 e. The fraction of sp³-hybridized carbons (Fsp3) is 0.167. The minimum absolute atomic E-state index is 0.0340. The molecular weight excluding hydrogens is 443 g/mol. The maximum absolute atomic E-state index is 13.0. The molecular formula is C24H23FN4O3S. The molecule has 0 fully saturated rings. The molecule has 4 aromatic rings. The van der Waals surface area contributed by atoms with Crippen molar-refractivity contribution in [3.63, 3.8) is 0 Å². The number of carbonyl (C=O) groups is 1. The molecule has 0 atom stereocenters. The molecule has 33 heavy (non-hydrogen) atoms. The molecule has 1 aromatic heterocycles. The predicted octanol–water partition coefficient (Wildman–Crippen LogP) is 3.64. The second-order valence-electron chi connectivity index (χ2n) is 7.58. The van der Waals surface area contributed by atoms with Crippen LogP contribution in [-0.4, -0.2) is 30.4 Å². The second-order valence-corrected chi connectivity index (χ2v) is 9.26. The standard InChI is InChI=1S/C24H23FN4O3S/c1-17-27-22-4-2-3-5-23(22)29(17)15-14-26-24(30)16-18-6-10-20(11-7-18)28-33(31,32)21-12-8-19(25)9-13-21/h2-13,28H,14-16H2,1H3,(H,26,30). The molecule has 170 valence electrons. The first kappa shape index (κ1) is 22.5. The van der Waals surface area contributed by atoms with E-state index in [1.54, 1.807) is 24.3 Å². The van der Waals surface area contributed by atoms with Gasteiger partial charge in [0.1, 0.15) is 11.6 Å². The van der Waals surface area contributed by atoms with Gasteiger partial charge in [-0.2, -0.15) is 0 Å². The number of imidazole rings is 1. The number of hydrogen-bond acceptors (Lipinski definition) is 4. The second kappa shape index (κ2) is 9.41. The van der Waals surface area contributed by atoms with Crippen LogP contribution >= 0.6 is 0 Å². The topological polar surface area (TPSA) is 93.1 Å². The maximum Gasteiger partial charge on any atom is 0.261 e. The number of aromatic nitrogens is 2. The van der Waals surface area contributed by atoms with Gasteiger partial charge in [0.2, 0.25) is 5.91 Å². The Labute approximate surface area is 191 Å². The van der Waals surface area contributed by atoms with Crippen LogP contribution in [0.15, 0.2) is 77.7 Å². The first-order chi connectivity index (χ1) is 15.8. The normalized spacial score (nSPS) is 11.5. The highest BCUT2D eigenvalue weighted by Gasteiger charge is 2.14. The van der Waals surface area contributed by atoms with E-state index in [0.29, 0.717) is 18.8 Å². The molecule has 0 bridgehead atoms. The van der Waals surface area contributed by atoms with E-state index in [0.717, 1.165) is 34.6 Å². The van der Waals surface area contributed by atoms with Crippen LogP contribution in [0.3, 0.4) is 0 Å². The van der Waals surface area contributed by atoms with Crippen molar-refractivity contribution in [2.75, 3.05) is 11.3 Å². The Morgan fingerprint density at radius 3 is 2.42 bits per heavy atom. The average Bonchev–Trinajstić information content (AvgIpc) is 3.10. The van der Waals surface area contributed by atoms with Gasteiger partial charge in [-0.05, 0) is 61.0 Å². The minimum atomic E-state index is -3.82. The molecule has 1 heterocycles. The summed E-state index contributed by atoms with van der Waals surface area (Å²) in [5.74, 6) is 0.255. The summed E-state index contributed by atoms with van der Waals surface area (Å²) in [6.45, 7) is 3.02. The molecule has 2 N–H and O–H groups in total. The lowest BCUT2D eigenvalue weighted by atomic mass is 10.1. The van der Waals surface area contributed by atoms with Crippen LogP contribution in [0, 0.1) is 12.7 Å².